The first-order chi connectivity index (χ1) is 29.1. The van der Waals surface area contributed by atoms with Crippen molar-refractivity contribution in [2.24, 2.45) is 0 Å². The molecule has 12 rings (SSSR count). The van der Waals surface area contributed by atoms with Crippen LogP contribution in [-0.4, -0.2) is 14.4 Å². The number of benzene rings is 9. The predicted molar refractivity (Wildman–Crippen MR) is 248 cm³/mol. The van der Waals surface area contributed by atoms with Crippen LogP contribution in [0.15, 0.2) is 206 Å². The van der Waals surface area contributed by atoms with Gasteiger partial charge in [0.25, 0.3) is 0 Å². The van der Waals surface area contributed by atoms with Crippen LogP contribution in [-0.2, 0) is 4.57 Å². The van der Waals surface area contributed by atoms with E-state index in [0.29, 0.717) is 5.44 Å². The third-order valence-corrected chi connectivity index (χ3v) is 15.0. The lowest BCUT2D eigenvalue weighted by molar-refractivity contribution is 0.592. The molecule has 0 fully saturated rings. The quantitative estimate of drug-likeness (QED) is 0.129. The molecular weight excluding hydrogens is 738 g/mol. The molecule has 276 valence electrons. The highest BCUT2D eigenvalue weighted by Crippen LogP contribution is 2.43. The van der Waals surface area contributed by atoms with Gasteiger partial charge in [-0.05, 0) is 90.8 Å². The molecular formula is C54H34N3OP. The van der Waals surface area contributed by atoms with Gasteiger partial charge in [0.05, 0.1) is 16.6 Å². The SMILES string of the molecule is O=P(c1ccccc1)(c1ccccc1)c1ccc(-c2ccc3c(c2)c2ccc4ccccc4c2c2nc4ccc(-c5cc6ccccc6c6ccccc56)cc4n32)cn1. The largest absolute Gasteiger partial charge is 0.307 e. The molecule has 0 N–H and O–H groups in total. The zero-order chi connectivity index (χ0) is 39.1. The topological polar surface area (TPSA) is 47.3 Å². The summed E-state index contributed by atoms with van der Waals surface area (Å²) in [5.74, 6) is 0. The van der Waals surface area contributed by atoms with Gasteiger partial charge in [-0.1, -0.05) is 164 Å². The standard InChI is InChI=1S/C54H34N3OP/c58-59(40-15-3-1-4-16-40,41-17-5-2-6-18-41)52-30-26-39(34-55-52)36-25-29-50-48(31-36)46-27-23-35-13-7-10-20-43(35)53(46)54-56-49-28-24-38(33-51(49)57(50)54)47-32-37-14-8-9-19-42(37)44-21-11-12-22-45(44)47/h1-34H. The minimum atomic E-state index is -3.20. The van der Waals surface area contributed by atoms with Crippen molar-refractivity contribution in [3.05, 3.63) is 206 Å². The Morgan fingerprint density at radius 3 is 1.81 bits per heavy atom. The van der Waals surface area contributed by atoms with Crippen LogP contribution < -0.4 is 16.0 Å². The minimum Gasteiger partial charge on any atom is -0.307 e. The Morgan fingerprint density at radius 1 is 0.424 bits per heavy atom. The first kappa shape index (κ1) is 33.7. The normalized spacial score (nSPS) is 12.1. The monoisotopic (exact) mass is 771 g/mol. The molecule has 0 aliphatic rings. The van der Waals surface area contributed by atoms with Crippen LogP contribution in [0, 0.1) is 0 Å². The Labute approximate surface area is 340 Å². The summed E-state index contributed by atoms with van der Waals surface area (Å²) in [6, 6.07) is 69.5. The fraction of sp³-hybridized carbons (Fsp3) is 0. The third kappa shape index (κ3) is 5.13. The number of rotatable bonds is 5. The van der Waals surface area contributed by atoms with Gasteiger partial charge in [0.1, 0.15) is 11.1 Å². The highest BCUT2D eigenvalue weighted by molar-refractivity contribution is 7.85. The number of imidazole rings is 1. The van der Waals surface area contributed by atoms with Gasteiger partial charge < -0.3 is 4.57 Å². The van der Waals surface area contributed by atoms with Crippen molar-refractivity contribution in [2.45, 2.75) is 0 Å². The van der Waals surface area contributed by atoms with Crippen LogP contribution in [0.25, 0.3) is 92.9 Å². The maximum Gasteiger partial charge on any atom is 0.188 e. The van der Waals surface area contributed by atoms with Crippen molar-refractivity contribution in [2.75, 3.05) is 0 Å². The Hall–Kier alpha value is -7.39. The van der Waals surface area contributed by atoms with Gasteiger partial charge in [0.2, 0.25) is 0 Å². The number of hydrogen-bond acceptors (Lipinski definition) is 3. The van der Waals surface area contributed by atoms with Crippen molar-refractivity contribution in [1.29, 1.82) is 0 Å². The van der Waals surface area contributed by atoms with E-state index in [4.69, 9.17) is 9.97 Å². The molecule has 0 bridgehead atoms. The Balaban J connectivity index is 1.08. The summed E-state index contributed by atoms with van der Waals surface area (Å²) in [7, 11) is -3.20. The van der Waals surface area contributed by atoms with Gasteiger partial charge in [-0.15, -0.1) is 0 Å². The Morgan fingerprint density at radius 2 is 1.07 bits per heavy atom. The van der Waals surface area contributed by atoms with Gasteiger partial charge in [0, 0.05) is 33.1 Å². The van der Waals surface area contributed by atoms with E-state index in [1.54, 1.807) is 0 Å². The van der Waals surface area contributed by atoms with Crippen molar-refractivity contribution in [3.8, 4) is 22.3 Å². The van der Waals surface area contributed by atoms with Gasteiger partial charge in [-0.25, -0.2) is 4.98 Å². The number of aromatic nitrogens is 3. The van der Waals surface area contributed by atoms with Crippen molar-refractivity contribution >= 4 is 93.9 Å². The fourth-order valence-corrected chi connectivity index (χ4v) is 11.8. The summed E-state index contributed by atoms with van der Waals surface area (Å²) in [6.45, 7) is 0. The van der Waals surface area contributed by atoms with Gasteiger partial charge in [0.15, 0.2) is 7.14 Å². The first-order valence-corrected chi connectivity index (χ1v) is 21.6. The molecule has 0 aliphatic carbocycles. The van der Waals surface area contributed by atoms with Gasteiger partial charge in [-0.3, -0.25) is 9.38 Å². The molecule has 0 saturated carbocycles. The first-order valence-electron chi connectivity index (χ1n) is 19.9. The minimum absolute atomic E-state index is 0.568. The molecule has 0 unspecified atom stereocenters. The summed E-state index contributed by atoms with van der Waals surface area (Å²) in [6.07, 6.45) is 1.87. The third-order valence-electron chi connectivity index (χ3n) is 12.1. The van der Waals surface area contributed by atoms with Crippen molar-refractivity contribution in [3.63, 3.8) is 0 Å². The molecule has 0 amide bonds. The van der Waals surface area contributed by atoms with E-state index < -0.39 is 7.14 Å². The van der Waals surface area contributed by atoms with E-state index >= 15 is 4.57 Å². The molecule has 5 heteroatoms. The van der Waals surface area contributed by atoms with Crippen LogP contribution in [0.3, 0.4) is 0 Å². The van der Waals surface area contributed by atoms with Crippen molar-refractivity contribution in [1.82, 2.24) is 14.4 Å². The van der Waals surface area contributed by atoms with E-state index in [0.717, 1.165) is 65.7 Å². The molecule has 0 radical (unpaired) electrons. The zero-order valence-corrected chi connectivity index (χ0v) is 32.7. The van der Waals surface area contributed by atoms with E-state index in [-0.39, 0.29) is 0 Å². The summed E-state index contributed by atoms with van der Waals surface area (Å²) in [5.41, 5.74) is 8.95. The van der Waals surface area contributed by atoms with Crippen LogP contribution in [0.5, 0.6) is 0 Å². The number of nitrogens with zero attached hydrogens (tertiary/aromatic N) is 3. The summed E-state index contributed by atoms with van der Waals surface area (Å²) in [5, 5.41) is 12.2. The van der Waals surface area contributed by atoms with Gasteiger partial charge >= 0.3 is 0 Å². The zero-order valence-electron chi connectivity index (χ0n) is 31.8. The second-order valence-electron chi connectivity index (χ2n) is 15.3. The van der Waals surface area contributed by atoms with Crippen molar-refractivity contribution < 1.29 is 4.57 Å². The molecule has 4 nitrogen and oxygen atoms in total. The van der Waals surface area contributed by atoms with Crippen LogP contribution in [0.2, 0.25) is 0 Å². The Bertz CT molecular complexity index is 3650. The lowest BCUT2D eigenvalue weighted by Crippen LogP contribution is -2.26. The van der Waals surface area contributed by atoms with E-state index in [1.165, 1.54) is 37.9 Å². The predicted octanol–water partition coefficient (Wildman–Crippen LogP) is 12.6. The lowest BCUT2D eigenvalue weighted by Gasteiger charge is -2.19. The summed E-state index contributed by atoms with van der Waals surface area (Å²) >= 11 is 0. The molecule has 9 aromatic carbocycles. The van der Waals surface area contributed by atoms with E-state index in [1.807, 2.05) is 72.9 Å². The molecule has 3 aromatic heterocycles. The number of hydrogen-bond donors (Lipinski definition) is 0. The Kier molecular flexibility index (Phi) is 7.47. The molecule has 0 spiro atoms. The summed E-state index contributed by atoms with van der Waals surface area (Å²) < 4.78 is 17.4. The van der Waals surface area contributed by atoms with E-state index in [9.17, 15) is 0 Å². The number of fused-ring (bicyclic) bond motifs is 13. The fourth-order valence-electron chi connectivity index (χ4n) is 9.24. The molecule has 0 atom stereocenters. The maximum absolute atomic E-state index is 15.1. The van der Waals surface area contributed by atoms with Crippen LogP contribution >= 0.6 is 7.14 Å². The average Bonchev–Trinajstić information content (AvgIpc) is 3.70. The van der Waals surface area contributed by atoms with E-state index in [2.05, 4.69) is 138 Å². The average molecular weight is 772 g/mol. The lowest BCUT2D eigenvalue weighted by atomic mass is 9.93. The highest BCUT2D eigenvalue weighted by Gasteiger charge is 2.31. The van der Waals surface area contributed by atoms with Crippen LogP contribution in [0.1, 0.15) is 0 Å². The molecule has 0 saturated heterocycles. The van der Waals surface area contributed by atoms with Crippen LogP contribution in [0.4, 0.5) is 0 Å². The molecule has 0 aliphatic heterocycles. The maximum atomic E-state index is 15.1. The second kappa shape index (κ2) is 13.1. The second-order valence-corrected chi connectivity index (χ2v) is 18.0. The molecule has 59 heavy (non-hydrogen) atoms. The van der Waals surface area contributed by atoms with Gasteiger partial charge in [-0.2, -0.15) is 0 Å². The molecule has 12 aromatic rings. The molecule has 3 heterocycles. The smallest absolute Gasteiger partial charge is 0.188 e. The number of pyridine rings is 2. The highest BCUT2D eigenvalue weighted by atomic mass is 31.2. The summed E-state index contributed by atoms with van der Waals surface area (Å²) in [4.78, 5) is 10.3.